The number of ether oxygens (including phenoxy) is 13. The molecule has 111 heavy (non-hydrogen) atoms. The van der Waals surface area contributed by atoms with Crippen molar-refractivity contribution in [1.29, 1.82) is 0 Å². The van der Waals surface area contributed by atoms with Crippen molar-refractivity contribution in [2.75, 3.05) is 34.0 Å². The molecule has 2 fully saturated rings. The molecule has 12 rings (SSSR count). The molecule has 0 spiro atoms. The predicted molar refractivity (Wildman–Crippen MR) is 430 cm³/mol. The van der Waals surface area contributed by atoms with Crippen molar-refractivity contribution >= 4 is 32.0 Å². The zero-order chi connectivity index (χ0) is 77.9. The second kappa shape index (κ2) is 39.1. The Morgan fingerprint density at radius 1 is 0.432 bits per heavy atom. The van der Waals surface area contributed by atoms with Crippen LogP contribution in [0.5, 0.6) is 11.5 Å². The van der Waals surface area contributed by atoms with Crippen LogP contribution in [0.3, 0.4) is 0 Å². The van der Waals surface area contributed by atoms with Crippen molar-refractivity contribution in [2.24, 2.45) is 0 Å². The first-order chi connectivity index (χ1) is 53.9. The number of aliphatic hydroxyl groups is 1. The van der Waals surface area contributed by atoms with Gasteiger partial charge in [0.2, 0.25) is 11.6 Å². The van der Waals surface area contributed by atoms with Gasteiger partial charge < -0.3 is 66.7 Å². The minimum absolute atomic E-state index is 0.0586. The lowest BCUT2D eigenvalue weighted by Gasteiger charge is -2.55. The highest BCUT2D eigenvalue weighted by atomic mass is 35.5. The van der Waals surface area contributed by atoms with E-state index < -0.39 is 98.1 Å². The predicted octanol–water partition coefficient (Wildman–Crippen LogP) is 18.9. The zero-order valence-corrected chi connectivity index (χ0v) is 66.8. The molecule has 1 N–H and O–H groups in total. The highest BCUT2D eigenvalue weighted by Gasteiger charge is 2.63. The van der Waals surface area contributed by atoms with Crippen LogP contribution in [0, 0.1) is 11.6 Å². The molecule has 0 aromatic heterocycles. The molecule has 0 saturated carbocycles. The number of benzene rings is 10. The third kappa shape index (κ3) is 20.1. The largest absolute Gasteiger partial charge is 0.491 e. The van der Waals surface area contributed by atoms with Crippen molar-refractivity contribution in [2.45, 2.75) is 171 Å². The van der Waals surface area contributed by atoms with Gasteiger partial charge in [-0.25, -0.2) is 8.78 Å². The van der Waals surface area contributed by atoms with Gasteiger partial charge in [-0.3, -0.25) is 0 Å². The average molecular weight is 1570 g/mol. The first kappa shape index (κ1) is 82.4. The molecule has 0 bridgehead atoms. The first-order valence-corrected chi connectivity index (χ1v) is 41.7. The Balaban J connectivity index is 1.02. The summed E-state index contributed by atoms with van der Waals surface area (Å²) in [4.78, 5) is 0. The molecule has 2 saturated heterocycles. The van der Waals surface area contributed by atoms with Crippen LogP contribution >= 0.6 is 23.2 Å². The summed E-state index contributed by atoms with van der Waals surface area (Å²) in [5, 5.41) is 14.5. The fourth-order valence-corrected chi connectivity index (χ4v) is 16.0. The van der Waals surface area contributed by atoms with E-state index >= 15 is 8.78 Å². The van der Waals surface area contributed by atoms with Gasteiger partial charge in [-0.1, -0.05) is 256 Å². The van der Waals surface area contributed by atoms with Crippen LogP contribution in [0.25, 0.3) is 0 Å². The van der Waals surface area contributed by atoms with Crippen LogP contribution in [-0.4, -0.2) is 109 Å². The minimum Gasteiger partial charge on any atom is -0.491 e. The molecule has 2 unspecified atom stereocenters. The molecule has 12 atom stereocenters. The van der Waals surface area contributed by atoms with Crippen molar-refractivity contribution in [3.8, 4) is 11.5 Å². The topological polar surface area (TPSA) is 140 Å². The van der Waals surface area contributed by atoms with Gasteiger partial charge >= 0.3 is 0 Å². The van der Waals surface area contributed by atoms with Crippen LogP contribution in [0.4, 0.5) is 8.78 Å². The summed E-state index contributed by atoms with van der Waals surface area (Å²) in [7, 11) is 1.11. The van der Waals surface area contributed by atoms with E-state index in [2.05, 4.69) is 26.9 Å². The molecule has 2 heterocycles. The molecule has 19 heteroatoms. The van der Waals surface area contributed by atoms with E-state index in [-0.39, 0.29) is 70.6 Å². The average Bonchev–Trinajstić information content (AvgIpc) is 0.739. The van der Waals surface area contributed by atoms with E-state index in [1.54, 1.807) is 45.4 Å². The van der Waals surface area contributed by atoms with Gasteiger partial charge in [-0.2, -0.15) is 0 Å². The fraction of sp³-hybridized carbons (Fsp3) is 0.348. The number of methoxy groups -OCH3 is 2. The monoisotopic (exact) mass is 1560 g/mol. The zero-order valence-electron chi connectivity index (χ0n) is 64.1. The Morgan fingerprint density at radius 3 is 1.13 bits per heavy atom. The van der Waals surface area contributed by atoms with Crippen molar-refractivity contribution in [3.63, 3.8) is 0 Å². The summed E-state index contributed by atoms with van der Waals surface area (Å²) in [5.74, 6) is -4.53. The first-order valence-electron chi connectivity index (χ1n) is 38.0. The van der Waals surface area contributed by atoms with Gasteiger partial charge in [0.25, 0.3) is 0 Å². The third-order valence-electron chi connectivity index (χ3n) is 21.2. The Kier molecular flexibility index (Phi) is 29.1. The molecule has 2 aliphatic heterocycles. The lowest BCUT2D eigenvalue weighted by molar-refractivity contribution is -0.397. The highest BCUT2D eigenvalue weighted by molar-refractivity contribution is 6.59. The molecule has 584 valence electrons. The van der Waals surface area contributed by atoms with Gasteiger partial charge in [-0.05, 0) is 136 Å². The fourth-order valence-electron chi connectivity index (χ4n) is 14.6. The molecule has 0 radical (unpaired) electrons. The number of rotatable bonds is 37. The summed E-state index contributed by atoms with van der Waals surface area (Å²) in [6.07, 6.45) is -11.3. The van der Waals surface area contributed by atoms with Crippen LogP contribution in [0.15, 0.2) is 255 Å². The van der Waals surface area contributed by atoms with Gasteiger partial charge in [-0.15, -0.1) is 0 Å². The maximum atomic E-state index is 15.8. The summed E-state index contributed by atoms with van der Waals surface area (Å²) >= 11 is 14.5. The molecule has 10 aromatic carbocycles. The maximum Gasteiger partial charge on any atom is 0.225 e. The third-order valence-corrected chi connectivity index (χ3v) is 25.2. The summed E-state index contributed by atoms with van der Waals surface area (Å²) in [6, 6.07) is 79.7. The smallest absolute Gasteiger partial charge is 0.225 e. The van der Waals surface area contributed by atoms with Gasteiger partial charge in [0.05, 0.1) is 65.6 Å². The SMILES string of the molecule is CCOc1ccc(Cc2cc([C@]3(OC)O[C@H](C(O)C(OC[C@H]4O[C@@](OC)(c5ccc(Cl)c(Cc6ccc(OCC)c(F)c6)c5)[C@H](OCc5ccccc5)[C@@H](OCc5ccccc5)[C@@H]4OCc4ccccc4)C(C)(C)[SiH](C)C)[C@@H](OCc4ccccc4)[C@H](OCc4ccccc4)[C@H]3OCc3ccccc3)ccc2Cl)cc1F. The Bertz CT molecular complexity index is 4520. The van der Waals surface area contributed by atoms with Crippen LogP contribution in [-0.2, 0) is 116 Å². The van der Waals surface area contributed by atoms with E-state index in [9.17, 15) is 5.11 Å². The van der Waals surface area contributed by atoms with Gasteiger partial charge in [0, 0.05) is 44.2 Å². The summed E-state index contributed by atoms with van der Waals surface area (Å²) in [6.45, 7) is 13.1. The highest BCUT2D eigenvalue weighted by Crippen LogP contribution is 2.50. The van der Waals surface area contributed by atoms with Crippen LogP contribution < -0.4 is 9.47 Å². The van der Waals surface area contributed by atoms with Crippen LogP contribution in [0.1, 0.15) is 94.5 Å². The van der Waals surface area contributed by atoms with Crippen molar-refractivity contribution in [3.05, 3.63) is 343 Å². The molecule has 14 nitrogen and oxygen atoms in total. The second-order valence-electron chi connectivity index (χ2n) is 29.0. The molecule has 0 amide bonds. The van der Waals surface area contributed by atoms with E-state index in [1.807, 2.05) is 225 Å². The van der Waals surface area contributed by atoms with Crippen molar-refractivity contribution < 1.29 is 75.5 Å². The van der Waals surface area contributed by atoms with E-state index in [0.29, 0.717) is 56.6 Å². The van der Waals surface area contributed by atoms with E-state index in [0.717, 1.165) is 33.4 Å². The van der Waals surface area contributed by atoms with E-state index in [1.165, 1.54) is 12.1 Å². The quantitative estimate of drug-likeness (QED) is 0.0369. The molecule has 0 aliphatic carbocycles. The minimum atomic E-state index is -2.01. The second-order valence-corrected chi connectivity index (χ2v) is 33.7. The van der Waals surface area contributed by atoms with Gasteiger partial charge in [0.15, 0.2) is 23.1 Å². The number of aliphatic hydroxyl groups excluding tert-OH is 1. The molecular formula is C92H100Cl2F2O14Si. The lowest BCUT2D eigenvalue weighted by Crippen LogP contribution is -2.69. The van der Waals surface area contributed by atoms with Crippen LogP contribution in [0.2, 0.25) is 28.2 Å². The molecular weight excluding hydrogens is 1470 g/mol. The molecule has 10 aromatic rings. The Labute approximate surface area is 663 Å². The normalized spacial score (nSPS) is 21.9. The molecule has 2 aliphatic rings. The Morgan fingerprint density at radius 2 is 0.775 bits per heavy atom. The lowest BCUT2D eigenvalue weighted by atomic mass is 9.82. The number of hydrogen-bond donors (Lipinski definition) is 1. The Hall–Kier alpha value is -8.02. The maximum absolute atomic E-state index is 15.8. The summed E-state index contributed by atoms with van der Waals surface area (Å²) in [5.41, 5.74) is 8.70. The summed E-state index contributed by atoms with van der Waals surface area (Å²) < 4.78 is 124. The van der Waals surface area contributed by atoms with Crippen molar-refractivity contribution in [1.82, 2.24) is 0 Å². The van der Waals surface area contributed by atoms with E-state index in [4.69, 9.17) is 84.8 Å². The number of halogens is 4. The van der Waals surface area contributed by atoms with Gasteiger partial charge in [0.1, 0.15) is 54.9 Å². The standard InChI is InChI=1S/C92H100Cl2F2O14Si/c1-9-100-78-47-41-68(51-76(78)95)49-70-53-72(43-45-74(70)93)91(98-5)88(106-59-66-37-25-15-26-38-66)85(104-57-64-33-21-13-22-34-64)82(102-55-62-29-17-11-18-30-62)80(109-91)61-108-87(90(3,4)111(7)8)81(97)83-84(103-56-63-31-19-12-20-32-63)86(105-58-65-35-23-14-24-36-65)89(107-60-67-39-27-16-28-40-67)92(99-6,110-83)73-44-46-75(94)71(54-73)50-69-42-48-79(101-10-2)77(96)52-69/h11-48,51-54,80-89,97,111H,9-10,49-50,55-61H2,1-8H3/t80-,81?,82-,83-,84-,85+,86+,87?,88-,89-,91+,92+/m1/s1. The number of hydrogen-bond acceptors (Lipinski definition) is 14.